The van der Waals surface area contributed by atoms with Gasteiger partial charge in [0.05, 0.1) is 12.3 Å². The lowest BCUT2D eigenvalue weighted by atomic mass is 10.0. The summed E-state index contributed by atoms with van der Waals surface area (Å²) >= 11 is 9.36. The van der Waals surface area contributed by atoms with Crippen LogP contribution >= 0.6 is 27.5 Å². The second-order valence-electron chi connectivity index (χ2n) is 3.15. The van der Waals surface area contributed by atoms with Crippen LogP contribution in [0.5, 0.6) is 0 Å². The van der Waals surface area contributed by atoms with E-state index in [0.717, 1.165) is 11.1 Å². The average molecular weight is 287 g/mol. The molecule has 15 heavy (non-hydrogen) atoms. The van der Waals surface area contributed by atoms with Gasteiger partial charge in [-0.1, -0.05) is 29.8 Å². The second-order valence-corrected chi connectivity index (χ2v) is 4.28. The molecule has 0 aliphatic heterocycles. The zero-order valence-electron chi connectivity index (χ0n) is 7.78. The summed E-state index contributed by atoms with van der Waals surface area (Å²) in [5, 5.41) is 0.665. The number of furan rings is 1. The topological polar surface area (TPSA) is 39.2 Å². The third-order valence-corrected chi connectivity index (χ3v) is 3.21. The molecule has 0 aliphatic carbocycles. The molecule has 4 heteroatoms. The van der Waals surface area contributed by atoms with E-state index in [9.17, 15) is 0 Å². The highest BCUT2D eigenvalue weighted by atomic mass is 79.9. The third kappa shape index (κ3) is 2.09. The van der Waals surface area contributed by atoms with Crippen LogP contribution in [0.2, 0.25) is 5.02 Å². The zero-order valence-corrected chi connectivity index (χ0v) is 10.1. The number of hydrogen-bond donors (Lipinski definition) is 1. The van der Waals surface area contributed by atoms with Crippen molar-refractivity contribution in [2.24, 2.45) is 5.73 Å². The molecule has 2 rings (SSSR count). The first kappa shape index (κ1) is 10.7. The molecule has 2 N–H and O–H groups in total. The first-order valence-electron chi connectivity index (χ1n) is 4.43. The Labute approximate surface area is 101 Å². The third-order valence-electron chi connectivity index (χ3n) is 2.22. The summed E-state index contributed by atoms with van der Waals surface area (Å²) in [6, 6.07) is 9.08. The smallest absolute Gasteiger partial charge is 0.174 e. The highest BCUT2D eigenvalue weighted by Crippen LogP contribution is 2.31. The molecule has 2 aromatic rings. The van der Waals surface area contributed by atoms with Crippen molar-refractivity contribution in [2.75, 3.05) is 0 Å². The van der Waals surface area contributed by atoms with Gasteiger partial charge in [-0.25, -0.2) is 0 Å². The summed E-state index contributed by atoms with van der Waals surface area (Å²) in [7, 11) is 0. The summed E-state index contributed by atoms with van der Waals surface area (Å²) in [4.78, 5) is 0. The first-order chi connectivity index (χ1) is 7.20. The first-order valence-corrected chi connectivity index (χ1v) is 5.60. The summed E-state index contributed by atoms with van der Waals surface area (Å²) in [6.45, 7) is 0. The molecule has 0 amide bonds. The predicted octanol–water partition coefficient (Wildman–Crippen LogP) is 3.74. The maximum atomic E-state index is 6.09. The molecule has 0 radical (unpaired) electrons. The minimum absolute atomic E-state index is 0.271. The summed E-state index contributed by atoms with van der Waals surface area (Å²) in [5.74, 6) is 0. The van der Waals surface area contributed by atoms with Crippen LogP contribution < -0.4 is 5.73 Å². The SMILES string of the molecule is NC(c1ccccc1Cl)c1ccoc1Br. The Morgan fingerprint density at radius 2 is 1.93 bits per heavy atom. The molecule has 0 saturated carbocycles. The molecule has 1 aromatic heterocycles. The Hall–Kier alpha value is -0.770. The van der Waals surface area contributed by atoms with E-state index in [1.807, 2.05) is 30.3 Å². The number of hydrogen-bond acceptors (Lipinski definition) is 2. The van der Waals surface area contributed by atoms with Crippen molar-refractivity contribution in [3.63, 3.8) is 0 Å². The molecule has 0 aliphatic rings. The lowest BCUT2D eigenvalue weighted by Crippen LogP contribution is -2.11. The molecule has 2 nitrogen and oxygen atoms in total. The number of nitrogens with two attached hydrogens (primary N) is 1. The van der Waals surface area contributed by atoms with Gasteiger partial charge in [-0.15, -0.1) is 0 Å². The van der Waals surface area contributed by atoms with Gasteiger partial charge in [0.25, 0.3) is 0 Å². The fourth-order valence-corrected chi connectivity index (χ4v) is 2.16. The maximum Gasteiger partial charge on any atom is 0.174 e. The molecule has 0 saturated heterocycles. The lowest BCUT2D eigenvalue weighted by molar-refractivity contribution is 0.534. The highest BCUT2D eigenvalue weighted by molar-refractivity contribution is 9.10. The van der Waals surface area contributed by atoms with Crippen LogP contribution in [0.1, 0.15) is 17.2 Å². The van der Waals surface area contributed by atoms with E-state index >= 15 is 0 Å². The van der Waals surface area contributed by atoms with Crippen LogP contribution in [-0.2, 0) is 0 Å². The van der Waals surface area contributed by atoms with Crippen molar-refractivity contribution < 1.29 is 4.42 Å². The minimum atomic E-state index is -0.271. The van der Waals surface area contributed by atoms with E-state index in [1.54, 1.807) is 6.26 Å². The van der Waals surface area contributed by atoms with Crippen LogP contribution in [0.3, 0.4) is 0 Å². The van der Waals surface area contributed by atoms with Crippen LogP contribution in [0, 0.1) is 0 Å². The largest absolute Gasteiger partial charge is 0.457 e. The molecule has 0 spiro atoms. The van der Waals surface area contributed by atoms with Crippen LogP contribution in [0.15, 0.2) is 45.7 Å². The van der Waals surface area contributed by atoms with E-state index in [-0.39, 0.29) is 6.04 Å². The number of benzene rings is 1. The molecular formula is C11H9BrClNO. The van der Waals surface area contributed by atoms with Gasteiger partial charge in [0, 0.05) is 10.6 Å². The Kier molecular flexibility index (Phi) is 3.14. The van der Waals surface area contributed by atoms with Crippen molar-refractivity contribution in [3.8, 4) is 0 Å². The Morgan fingerprint density at radius 1 is 1.20 bits per heavy atom. The van der Waals surface area contributed by atoms with Gasteiger partial charge in [-0.3, -0.25) is 0 Å². The molecule has 0 bridgehead atoms. The van der Waals surface area contributed by atoms with E-state index in [4.69, 9.17) is 21.8 Å². The Morgan fingerprint density at radius 3 is 2.53 bits per heavy atom. The molecule has 1 aromatic carbocycles. The van der Waals surface area contributed by atoms with Gasteiger partial charge >= 0.3 is 0 Å². The zero-order chi connectivity index (χ0) is 10.8. The minimum Gasteiger partial charge on any atom is -0.457 e. The standard InChI is InChI=1S/C11H9BrClNO/c12-11-8(5-6-15-11)10(14)7-3-1-2-4-9(7)13/h1-6,10H,14H2. The molecule has 1 heterocycles. The van der Waals surface area contributed by atoms with E-state index in [0.29, 0.717) is 9.69 Å². The van der Waals surface area contributed by atoms with Gasteiger partial charge in [-0.2, -0.15) is 0 Å². The van der Waals surface area contributed by atoms with Crippen LogP contribution in [0.25, 0.3) is 0 Å². The number of halogens is 2. The van der Waals surface area contributed by atoms with Gasteiger partial charge in [-0.05, 0) is 33.6 Å². The van der Waals surface area contributed by atoms with Gasteiger partial charge < -0.3 is 10.2 Å². The molecule has 0 fully saturated rings. The summed E-state index contributed by atoms with van der Waals surface area (Å²) in [6.07, 6.45) is 1.59. The fraction of sp³-hybridized carbons (Fsp3) is 0.0909. The normalized spacial score (nSPS) is 12.7. The van der Waals surface area contributed by atoms with Crippen molar-refractivity contribution >= 4 is 27.5 Å². The monoisotopic (exact) mass is 285 g/mol. The van der Waals surface area contributed by atoms with Gasteiger partial charge in [0.15, 0.2) is 4.67 Å². The molecule has 78 valence electrons. The van der Waals surface area contributed by atoms with E-state index in [2.05, 4.69) is 15.9 Å². The van der Waals surface area contributed by atoms with Crippen molar-refractivity contribution in [2.45, 2.75) is 6.04 Å². The quantitative estimate of drug-likeness (QED) is 0.913. The highest BCUT2D eigenvalue weighted by Gasteiger charge is 2.16. The lowest BCUT2D eigenvalue weighted by Gasteiger charge is -2.12. The average Bonchev–Trinajstić information content (AvgIpc) is 2.64. The predicted molar refractivity (Wildman–Crippen MR) is 63.9 cm³/mol. The van der Waals surface area contributed by atoms with Gasteiger partial charge in [0.2, 0.25) is 0 Å². The maximum absolute atomic E-state index is 6.09. The van der Waals surface area contributed by atoms with Gasteiger partial charge in [0.1, 0.15) is 0 Å². The number of rotatable bonds is 2. The van der Waals surface area contributed by atoms with Crippen LogP contribution in [0.4, 0.5) is 0 Å². The fourth-order valence-electron chi connectivity index (χ4n) is 1.42. The second kappa shape index (κ2) is 4.39. The summed E-state index contributed by atoms with van der Waals surface area (Å²) in [5.41, 5.74) is 7.87. The molecule has 1 unspecified atom stereocenters. The Bertz CT molecular complexity index is 469. The van der Waals surface area contributed by atoms with E-state index < -0.39 is 0 Å². The van der Waals surface area contributed by atoms with Crippen molar-refractivity contribution in [1.29, 1.82) is 0 Å². The van der Waals surface area contributed by atoms with Crippen LogP contribution in [-0.4, -0.2) is 0 Å². The summed E-state index contributed by atoms with van der Waals surface area (Å²) < 4.78 is 5.79. The molecular weight excluding hydrogens is 277 g/mol. The van der Waals surface area contributed by atoms with Crippen molar-refractivity contribution in [1.82, 2.24) is 0 Å². The molecule has 1 atom stereocenters. The Balaban J connectivity index is 2.41. The van der Waals surface area contributed by atoms with E-state index in [1.165, 1.54) is 0 Å². The van der Waals surface area contributed by atoms with Crippen molar-refractivity contribution in [3.05, 3.63) is 57.4 Å².